The molecule has 0 aliphatic heterocycles. The molecule has 0 bridgehead atoms. The zero-order valence-corrected chi connectivity index (χ0v) is 17.1. The van der Waals surface area contributed by atoms with Gasteiger partial charge in [0.25, 0.3) is 5.91 Å². The minimum atomic E-state index is -0.441. The largest absolute Gasteiger partial charge is 0.422 e. The zero-order chi connectivity index (χ0) is 21.2. The summed E-state index contributed by atoms with van der Waals surface area (Å²) in [6, 6.07) is 25.8. The van der Waals surface area contributed by atoms with Gasteiger partial charge in [-0.25, -0.2) is 9.78 Å². The van der Waals surface area contributed by atoms with Crippen molar-refractivity contribution in [3.63, 3.8) is 0 Å². The number of amides is 1. The third-order valence-electron chi connectivity index (χ3n) is 4.87. The molecule has 150 valence electrons. The van der Waals surface area contributed by atoms with Crippen LogP contribution in [0.25, 0.3) is 33.4 Å². The Morgan fingerprint density at radius 1 is 0.871 bits per heavy atom. The molecule has 1 N–H and O–H groups in total. The second-order valence-corrected chi connectivity index (χ2v) is 7.78. The number of nitrogens with zero attached hydrogens (tertiary/aromatic N) is 1. The predicted molar refractivity (Wildman–Crippen MR) is 123 cm³/mol. The lowest BCUT2D eigenvalue weighted by Crippen LogP contribution is -2.12. The highest BCUT2D eigenvalue weighted by molar-refractivity contribution is 7.14. The van der Waals surface area contributed by atoms with Crippen LogP contribution in [-0.4, -0.2) is 10.9 Å². The molecule has 0 aliphatic carbocycles. The number of nitrogens with one attached hydrogen (secondary N) is 1. The summed E-state index contributed by atoms with van der Waals surface area (Å²) in [5.74, 6) is -0.291. The number of carbonyl (C=O) groups excluding carboxylic acids is 1. The van der Waals surface area contributed by atoms with E-state index in [1.807, 2.05) is 53.9 Å². The number of thiazole rings is 1. The van der Waals surface area contributed by atoms with Gasteiger partial charge in [0.15, 0.2) is 5.13 Å². The number of para-hydroxylation sites is 1. The first-order valence-corrected chi connectivity index (χ1v) is 10.5. The quantitative estimate of drug-likeness (QED) is 0.368. The molecular weight excluding hydrogens is 408 g/mol. The SMILES string of the molecule is O=C(Nc1nc(-c2ccccc2)cs1)c1cccc(-c2cc3ccccc3oc2=O)c1. The van der Waals surface area contributed by atoms with Crippen molar-refractivity contribution in [2.45, 2.75) is 0 Å². The summed E-state index contributed by atoms with van der Waals surface area (Å²) < 4.78 is 5.42. The number of benzene rings is 3. The second kappa shape index (κ2) is 8.01. The monoisotopic (exact) mass is 424 g/mol. The van der Waals surface area contributed by atoms with Crippen LogP contribution < -0.4 is 10.9 Å². The van der Waals surface area contributed by atoms with Gasteiger partial charge in [0.2, 0.25) is 0 Å². The van der Waals surface area contributed by atoms with Crippen LogP contribution in [0, 0.1) is 0 Å². The highest BCUT2D eigenvalue weighted by Crippen LogP contribution is 2.26. The van der Waals surface area contributed by atoms with E-state index in [4.69, 9.17) is 4.42 Å². The third kappa shape index (κ3) is 3.89. The third-order valence-corrected chi connectivity index (χ3v) is 5.63. The molecule has 2 heterocycles. The molecule has 31 heavy (non-hydrogen) atoms. The Hall–Kier alpha value is -4.03. The predicted octanol–water partition coefficient (Wildman–Crippen LogP) is 5.84. The van der Waals surface area contributed by atoms with Crippen LogP contribution in [0.5, 0.6) is 0 Å². The highest BCUT2D eigenvalue weighted by atomic mass is 32.1. The number of hydrogen-bond donors (Lipinski definition) is 1. The maximum absolute atomic E-state index is 12.8. The van der Waals surface area contributed by atoms with Crippen molar-refractivity contribution in [3.8, 4) is 22.4 Å². The summed E-state index contributed by atoms with van der Waals surface area (Å²) in [6.45, 7) is 0. The molecule has 5 nitrogen and oxygen atoms in total. The van der Waals surface area contributed by atoms with Crippen LogP contribution in [-0.2, 0) is 0 Å². The smallest absolute Gasteiger partial charge is 0.344 e. The molecule has 0 fully saturated rings. The van der Waals surface area contributed by atoms with E-state index in [0.717, 1.165) is 16.6 Å². The Morgan fingerprint density at radius 2 is 1.65 bits per heavy atom. The van der Waals surface area contributed by atoms with E-state index in [-0.39, 0.29) is 5.91 Å². The molecule has 0 spiro atoms. The number of fused-ring (bicyclic) bond motifs is 1. The highest BCUT2D eigenvalue weighted by Gasteiger charge is 2.13. The molecule has 5 rings (SSSR count). The van der Waals surface area contributed by atoms with Crippen LogP contribution in [0.3, 0.4) is 0 Å². The Bertz CT molecular complexity index is 1450. The number of rotatable bonds is 4. The minimum absolute atomic E-state index is 0.291. The average molecular weight is 424 g/mol. The van der Waals surface area contributed by atoms with E-state index in [2.05, 4.69) is 10.3 Å². The van der Waals surface area contributed by atoms with E-state index < -0.39 is 5.63 Å². The van der Waals surface area contributed by atoms with Gasteiger partial charge in [0.1, 0.15) is 5.58 Å². The normalized spacial score (nSPS) is 10.8. The number of hydrogen-bond acceptors (Lipinski definition) is 5. The van der Waals surface area contributed by atoms with Gasteiger partial charge in [-0.15, -0.1) is 11.3 Å². The zero-order valence-electron chi connectivity index (χ0n) is 16.2. The minimum Gasteiger partial charge on any atom is -0.422 e. The molecule has 0 atom stereocenters. The van der Waals surface area contributed by atoms with E-state index in [1.165, 1.54) is 11.3 Å². The fourth-order valence-electron chi connectivity index (χ4n) is 3.33. The van der Waals surface area contributed by atoms with Gasteiger partial charge < -0.3 is 4.42 Å². The van der Waals surface area contributed by atoms with Gasteiger partial charge >= 0.3 is 5.63 Å². The van der Waals surface area contributed by atoms with E-state index in [1.54, 1.807) is 36.4 Å². The molecule has 5 aromatic rings. The molecule has 1 amide bonds. The van der Waals surface area contributed by atoms with Crippen molar-refractivity contribution in [2.75, 3.05) is 5.32 Å². The number of anilines is 1. The van der Waals surface area contributed by atoms with Gasteiger partial charge in [-0.1, -0.05) is 60.7 Å². The van der Waals surface area contributed by atoms with Gasteiger partial charge in [0, 0.05) is 21.9 Å². The van der Waals surface area contributed by atoms with Crippen molar-refractivity contribution in [1.82, 2.24) is 4.98 Å². The Kier molecular flexibility index (Phi) is 4.90. The topological polar surface area (TPSA) is 72.2 Å². The summed E-state index contributed by atoms with van der Waals surface area (Å²) >= 11 is 1.36. The van der Waals surface area contributed by atoms with Crippen molar-refractivity contribution in [3.05, 3.63) is 106 Å². The van der Waals surface area contributed by atoms with Crippen molar-refractivity contribution < 1.29 is 9.21 Å². The molecule has 0 aliphatic rings. The summed E-state index contributed by atoms with van der Waals surface area (Å²) in [7, 11) is 0. The molecule has 6 heteroatoms. The second-order valence-electron chi connectivity index (χ2n) is 6.92. The van der Waals surface area contributed by atoms with E-state index >= 15 is 0 Å². The van der Waals surface area contributed by atoms with E-state index in [0.29, 0.717) is 27.4 Å². The molecule has 2 aromatic heterocycles. The molecular formula is C25H16N2O3S. The van der Waals surface area contributed by atoms with E-state index in [9.17, 15) is 9.59 Å². The Balaban J connectivity index is 1.42. The molecule has 0 unspecified atom stereocenters. The first kappa shape index (κ1) is 19.0. The number of aromatic nitrogens is 1. The van der Waals surface area contributed by atoms with Crippen LogP contribution in [0.2, 0.25) is 0 Å². The van der Waals surface area contributed by atoms with Crippen LogP contribution in [0.1, 0.15) is 10.4 Å². The summed E-state index contributed by atoms with van der Waals surface area (Å²) in [4.78, 5) is 29.8. The van der Waals surface area contributed by atoms with Crippen LogP contribution in [0.15, 0.2) is 99.5 Å². The molecule has 3 aromatic carbocycles. The molecule has 0 saturated carbocycles. The van der Waals surface area contributed by atoms with Crippen molar-refractivity contribution in [1.29, 1.82) is 0 Å². The van der Waals surface area contributed by atoms with Gasteiger partial charge in [0.05, 0.1) is 11.3 Å². The maximum atomic E-state index is 12.8. The van der Waals surface area contributed by atoms with Crippen molar-refractivity contribution in [2.24, 2.45) is 0 Å². The molecule has 0 radical (unpaired) electrons. The first-order valence-electron chi connectivity index (χ1n) is 9.63. The average Bonchev–Trinajstić information content (AvgIpc) is 3.28. The summed E-state index contributed by atoms with van der Waals surface area (Å²) in [6.07, 6.45) is 0. The lowest BCUT2D eigenvalue weighted by Gasteiger charge is -2.06. The van der Waals surface area contributed by atoms with Crippen LogP contribution in [0.4, 0.5) is 5.13 Å². The fraction of sp³-hybridized carbons (Fsp3) is 0. The van der Waals surface area contributed by atoms with Gasteiger partial charge in [-0.2, -0.15) is 0 Å². The van der Waals surface area contributed by atoms with Gasteiger partial charge in [-0.3, -0.25) is 10.1 Å². The Labute approximate surface area is 181 Å². The van der Waals surface area contributed by atoms with Crippen molar-refractivity contribution >= 4 is 33.3 Å². The number of carbonyl (C=O) groups is 1. The summed E-state index contributed by atoms with van der Waals surface area (Å²) in [5, 5.41) is 6.08. The fourth-order valence-corrected chi connectivity index (χ4v) is 4.05. The first-order chi connectivity index (χ1) is 15.2. The van der Waals surface area contributed by atoms with Crippen LogP contribution >= 0.6 is 11.3 Å². The lowest BCUT2D eigenvalue weighted by molar-refractivity contribution is 0.102. The summed E-state index contributed by atoms with van der Waals surface area (Å²) in [5.41, 5.74) is 3.35. The Morgan fingerprint density at radius 3 is 2.52 bits per heavy atom. The van der Waals surface area contributed by atoms with Gasteiger partial charge in [-0.05, 0) is 29.8 Å². The maximum Gasteiger partial charge on any atom is 0.344 e. The lowest BCUT2D eigenvalue weighted by atomic mass is 10.0. The molecule has 0 saturated heterocycles. The standard InChI is InChI=1S/C25H16N2O3S/c28-23(27-25-26-21(15-31-25)16-7-2-1-3-8-16)19-11-6-10-17(13-19)20-14-18-9-4-5-12-22(18)30-24(20)29/h1-15H,(H,26,27,28).